The summed E-state index contributed by atoms with van der Waals surface area (Å²) in [6.07, 6.45) is -3.79. The number of carboxylic acids is 1. The molecule has 0 fully saturated rings. The van der Waals surface area contributed by atoms with Gasteiger partial charge in [-0.25, -0.2) is 13.2 Å². The fourth-order valence-corrected chi connectivity index (χ4v) is 1.87. The average Bonchev–Trinajstić information content (AvgIpc) is 2.20. The minimum atomic E-state index is -2.95. The Morgan fingerprint density at radius 1 is 1.29 bits per heavy atom. The van der Waals surface area contributed by atoms with Crippen molar-refractivity contribution in [2.75, 3.05) is 0 Å². The van der Waals surface area contributed by atoms with Crippen molar-refractivity contribution in [1.82, 2.24) is 0 Å². The second kappa shape index (κ2) is 5.60. The van der Waals surface area contributed by atoms with Gasteiger partial charge >= 0.3 is 5.97 Å². The highest BCUT2D eigenvalue weighted by molar-refractivity contribution is 6.35. The van der Waals surface area contributed by atoms with Crippen molar-refractivity contribution < 1.29 is 23.1 Å². The molecule has 94 valence electrons. The third-order valence-electron chi connectivity index (χ3n) is 2.14. The summed E-state index contributed by atoms with van der Waals surface area (Å²) < 4.78 is 38.5. The molecule has 1 aromatic rings. The van der Waals surface area contributed by atoms with Crippen molar-refractivity contribution in [3.05, 3.63) is 33.6 Å². The Kier molecular flexibility index (Phi) is 4.65. The SMILES string of the molecule is O=C(O)CC(c1cc(F)c(Cl)cc1Cl)C(F)F. The highest BCUT2D eigenvalue weighted by atomic mass is 35.5. The number of alkyl halides is 2. The first-order chi connectivity index (χ1) is 7.82. The van der Waals surface area contributed by atoms with Crippen molar-refractivity contribution in [2.45, 2.75) is 18.8 Å². The molecule has 0 aliphatic carbocycles. The van der Waals surface area contributed by atoms with Crippen molar-refractivity contribution in [3.63, 3.8) is 0 Å². The van der Waals surface area contributed by atoms with Crippen LogP contribution in [0.4, 0.5) is 13.2 Å². The van der Waals surface area contributed by atoms with Crippen LogP contribution in [0.25, 0.3) is 0 Å². The van der Waals surface area contributed by atoms with E-state index in [4.69, 9.17) is 28.3 Å². The largest absolute Gasteiger partial charge is 0.481 e. The highest BCUT2D eigenvalue weighted by Gasteiger charge is 2.28. The number of benzene rings is 1. The minimum Gasteiger partial charge on any atom is -0.481 e. The van der Waals surface area contributed by atoms with Crippen molar-refractivity contribution >= 4 is 29.2 Å². The summed E-state index contributed by atoms with van der Waals surface area (Å²) in [6, 6.07) is 1.72. The molecule has 7 heteroatoms. The predicted octanol–water partition coefficient (Wildman–Crippen LogP) is 3.96. The van der Waals surface area contributed by atoms with Gasteiger partial charge in [-0.2, -0.15) is 0 Å². The molecule has 0 heterocycles. The van der Waals surface area contributed by atoms with E-state index in [1.807, 2.05) is 0 Å². The quantitative estimate of drug-likeness (QED) is 0.851. The van der Waals surface area contributed by atoms with E-state index in [1.165, 1.54) is 0 Å². The molecule has 1 unspecified atom stereocenters. The Morgan fingerprint density at radius 3 is 2.35 bits per heavy atom. The molecule has 1 N–H and O–H groups in total. The summed E-state index contributed by atoms with van der Waals surface area (Å²) in [7, 11) is 0. The van der Waals surface area contributed by atoms with Crippen LogP contribution in [0.3, 0.4) is 0 Å². The molecule has 1 aromatic carbocycles. The lowest BCUT2D eigenvalue weighted by Crippen LogP contribution is -2.15. The Bertz CT molecular complexity index is 438. The monoisotopic (exact) mass is 286 g/mol. The van der Waals surface area contributed by atoms with Gasteiger partial charge in [0.05, 0.1) is 17.4 Å². The molecule has 0 spiro atoms. The number of hydrogen-bond donors (Lipinski definition) is 1. The molecule has 0 saturated carbocycles. The van der Waals surface area contributed by atoms with E-state index < -0.39 is 30.6 Å². The summed E-state index contributed by atoms with van der Waals surface area (Å²) in [6.45, 7) is 0. The number of carboxylic acid groups (broad SMARTS) is 1. The summed E-state index contributed by atoms with van der Waals surface area (Å²) in [4.78, 5) is 10.5. The molecule has 2 nitrogen and oxygen atoms in total. The van der Waals surface area contributed by atoms with Gasteiger partial charge in [0.1, 0.15) is 5.82 Å². The summed E-state index contributed by atoms with van der Waals surface area (Å²) in [5.41, 5.74) is -0.258. The number of halogens is 5. The van der Waals surface area contributed by atoms with Crippen LogP contribution in [0, 0.1) is 5.82 Å². The van der Waals surface area contributed by atoms with Crippen LogP contribution in [-0.4, -0.2) is 17.5 Å². The smallest absolute Gasteiger partial charge is 0.304 e. The van der Waals surface area contributed by atoms with Crippen LogP contribution in [0.15, 0.2) is 12.1 Å². The maximum atomic E-state index is 13.1. The minimum absolute atomic E-state index is 0.178. The molecule has 0 amide bonds. The van der Waals surface area contributed by atoms with Crippen LogP contribution in [-0.2, 0) is 4.79 Å². The average molecular weight is 287 g/mol. The van der Waals surface area contributed by atoms with E-state index in [2.05, 4.69) is 0 Å². The van der Waals surface area contributed by atoms with Gasteiger partial charge in [0.15, 0.2) is 0 Å². The summed E-state index contributed by atoms with van der Waals surface area (Å²) in [5.74, 6) is -3.99. The van der Waals surface area contributed by atoms with Crippen LogP contribution in [0.2, 0.25) is 10.0 Å². The van der Waals surface area contributed by atoms with Crippen LogP contribution in [0.5, 0.6) is 0 Å². The lowest BCUT2D eigenvalue weighted by molar-refractivity contribution is -0.138. The molecule has 1 atom stereocenters. The van der Waals surface area contributed by atoms with E-state index in [-0.39, 0.29) is 15.6 Å². The molecular weight excluding hydrogens is 280 g/mol. The zero-order valence-electron chi connectivity index (χ0n) is 8.26. The van der Waals surface area contributed by atoms with Crippen molar-refractivity contribution in [3.8, 4) is 0 Å². The van der Waals surface area contributed by atoms with Crippen molar-refractivity contribution in [2.24, 2.45) is 0 Å². The van der Waals surface area contributed by atoms with Crippen LogP contribution >= 0.6 is 23.2 Å². The zero-order chi connectivity index (χ0) is 13.2. The fourth-order valence-electron chi connectivity index (χ4n) is 1.35. The lowest BCUT2D eigenvalue weighted by Gasteiger charge is -2.16. The molecule has 0 aliphatic rings. The third-order valence-corrected chi connectivity index (χ3v) is 2.75. The molecule has 17 heavy (non-hydrogen) atoms. The number of rotatable bonds is 4. The maximum absolute atomic E-state index is 13.1. The third kappa shape index (κ3) is 3.51. The van der Waals surface area contributed by atoms with E-state index >= 15 is 0 Å². The standard InChI is InChI=1S/C10H7Cl2F3O2/c11-6-3-7(12)8(13)1-4(6)5(10(14)15)2-9(16)17/h1,3,5,10H,2H2,(H,16,17). The molecule has 0 aliphatic heterocycles. The molecule has 0 radical (unpaired) electrons. The van der Waals surface area contributed by atoms with Crippen molar-refractivity contribution in [1.29, 1.82) is 0 Å². The van der Waals surface area contributed by atoms with E-state index in [9.17, 15) is 18.0 Å². The zero-order valence-corrected chi connectivity index (χ0v) is 9.77. The maximum Gasteiger partial charge on any atom is 0.304 e. The Balaban J connectivity index is 3.18. The van der Waals surface area contributed by atoms with E-state index in [0.717, 1.165) is 12.1 Å². The van der Waals surface area contributed by atoms with Gasteiger partial charge < -0.3 is 5.11 Å². The van der Waals surface area contributed by atoms with E-state index in [1.54, 1.807) is 0 Å². The molecule has 0 saturated heterocycles. The van der Waals surface area contributed by atoms with Gasteiger partial charge in [-0.1, -0.05) is 23.2 Å². The predicted molar refractivity (Wildman–Crippen MR) is 57.4 cm³/mol. The normalized spacial score (nSPS) is 12.8. The molecule has 0 bridgehead atoms. The van der Waals surface area contributed by atoms with E-state index in [0.29, 0.717) is 0 Å². The van der Waals surface area contributed by atoms with Gasteiger partial charge in [0.2, 0.25) is 6.43 Å². The second-order valence-electron chi connectivity index (χ2n) is 3.33. The summed E-state index contributed by atoms with van der Waals surface area (Å²) in [5, 5.41) is 8.03. The second-order valence-corrected chi connectivity index (χ2v) is 4.14. The Hall–Kier alpha value is -0.940. The fraction of sp³-hybridized carbons (Fsp3) is 0.300. The van der Waals surface area contributed by atoms with Gasteiger partial charge in [-0.3, -0.25) is 4.79 Å². The van der Waals surface area contributed by atoms with Gasteiger partial charge in [0.25, 0.3) is 0 Å². The Morgan fingerprint density at radius 2 is 1.88 bits per heavy atom. The highest BCUT2D eigenvalue weighted by Crippen LogP contribution is 2.34. The Labute approximate surface area is 105 Å². The number of aliphatic carboxylic acids is 1. The van der Waals surface area contributed by atoms with Gasteiger partial charge in [0, 0.05) is 5.02 Å². The van der Waals surface area contributed by atoms with Crippen LogP contribution in [0.1, 0.15) is 17.9 Å². The first-order valence-electron chi connectivity index (χ1n) is 4.47. The topological polar surface area (TPSA) is 37.3 Å². The first-order valence-corrected chi connectivity index (χ1v) is 5.23. The lowest BCUT2D eigenvalue weighted by atomic mass is 9.96. The van der Waals surface area contributed by atoms with Gasteiger partial charge in [-0.05, 0) is 17.7 Å². The molecule has 0 aromatic heterocycles. The molecular formula is C10H7Cl2F3O2. The number of hydrogen-bond acceptors (Lipinski definition) is 1. The molecule has 1 rings (SSSR count). The van der Waals surface area contributed by atoms with Gasteiger partial charge in [-0.15, -0.1) is 0 Å². The number of carbonyl (C=O) groups is 1. The summed E-state index contributed by atoms with van der Waals surface area (Å²) >= 11 is 11.1. The first kappa shape index (κ1) is 14.1. The van der Waals surface area contributed by atoms with Crippen LogP contribution < -0.4 is 0 Å².